The molecule has 0 aromatic heterocycles. The van der Waals surface area contributed by atoms with Gasteiger partial charge >= 0.3 is 0 Å². The van der Waals surface area contributed by atoms with Crippen LogP contribution in [0, 0.1) is 0 Å². The molecule has 2 aromatic carbocycles. The molecule has 0 unspecified atom stereocenters. The number of sulfonamides is 1. The maximum Gasteiger partial charge on any atom is 0.246 e. The minimum Gasteiger partial charge on any atom is -0.492 e. The monoisotopic (exact) mass is 489 g/mol. The highest BCUT2D eigenvalue weighted by Gasteiger charge is 2.30. The number of benzene rings is 2. The van der Waals surface area contributed by atoms with Gasteiger partial charge in [-0.15, -0.1) is 0 Å². The van der Waals surface area contributed by atoms with E-state index in [-0.39, 0.29) is 29.8 Å². The number of nitrogens with zero attached hydrogens (tertiary/aromatic N) is 1. The molecule has 0 bridgehead atoms. The third-order valence-electron chi connectivity index (χ3n) is 5.55. The molecule has 0 radical (unpaired) electrons. The normalized spacial score (nSPS) is 15.2. The first-order chi connectivity index (χ1) is 16.3. The topological polar surface area (TPSA) is 123 Å². The minimum atomic E-state index is -3.72. The lowest BCUT2D eigenvalue weighted by molar-refractivity contribution is -0.114. The fourth-order valence-corrected chi connectivity index (χ4v) is 5.55. The van der Waals surface area contributed by atoms with Crippen LogP contribution in [0.2, 0.25) is 0 Å². The zero-order chi connectivity index (χ0) is 24.3. The Balaban J connectivity index is 1.50. The molecule has 4 rings (SSSR count). The second kappa shape index (κ2) is 9.90. The third kappa shape index (κ3) is 4.95. The Hall–Kier alpha value is -3.31. The maximum atomic E-state index is 13.1. The van der Waals surface area contributed by atoms with Crippen LogP contribution in [0.25, 0.3) is 0 Å². The fourth-order valence-electron chi connectivity index (χ4n) is 3.88. The number of fused-ring (bicyclic) bond motifs is 1. The van der Waals surface area contributed by atoms with Crippen LogP contribution in [0.1, 0.15) is 37.0 Å². The zero-order valence-electron chi connectivity index (χ0n) is 19.0. The van der Waals surface area contributed by atoms with E-state index in [1.807, 2.05) is 0 Å². The van der Waals surface area contributed by atoms with Crippen molar-refractivity contribution in [1.29, 1.82) is 0 Å². The number of Topliss-reactive ketones (excluding diaryl/α,β-unsaturated/α-hetero) is 1. The Morgan fingerprint density at radius 3 is 2.47 bits per heavy atom. The lowest BCUT2D eigenvalue weighted by Crippen LogP contribution is -2.28. The summed E-state index contributed by atoms with van der Waals surface area (Å²) in [6, 6.07) is 7.80. The number of ketones is 1. The van der Waals surface area contributed by atoms with Gasteiger partial charge in [0, 0.05) is 30.4 Å². The summed E-state index contributed by atoms with van der Waals surface area (Å²) < 4.78 is 43.9. The van der Waals surface area contributed by atoms with Gasteiger partial charge in [0.1, 0.15) is 10.6 Å². The highest BCUT2D eigenvalue weighted by molar-refractivity contribution is 7.89. The quantitative estimate of drug-likeness (QED) is 0.516. The van der Waals surface area contributed by atoms with Crippen molar-refractivity contribution in [2.75, 3.05) is 43.7 Å². The van der Waals surface area contributed by atoms with Gasteiger partial charge in [0.2, 0.25) is 22.7 Å². The minimum absolute atomic E-state index is 0.0477. The molecule has 182 valence electrons. The van der Waals surface area contributed by atoms with E-state index in [1.54, 1.807) is 25.1 Å². The summed E-state index contributed by atoms with van der Waals surface area (Å²) in [6.45, 7) is 4.35. The van der Waals surface area contributed by atoms with Crippen LogP contribution in [0.5, 0.6) is 17.2 Å². The molecule has 2 N–H and O–H groups in total. The number of nitrogens with one attached hydrogen (secondary N) is 2. The smallest absolute Gasteiger partial charge is 0.246 e. The number of carbonyl (C=O) groups is 2. The molecular formula is C23H27N3O7S. The van der Waals surface area contributed by atoms with Gasteiger partial charge in [0.15, 0.2) is 17.3 Å². The number of amides is 1. The predicted octanol–water partition coefficient (Wildman–Crippen LogP) is 2.85. The van der Waals surface area contributed by atoms with Crippen LogP contribution >= 0.6 is 0 Å². The van der Waals surface area contributed by atoms with Crippen molar-refractivity contribution in [1.82, 2.24) is 4.31 Å². The lowest BCUT2D eigenvalue weighted by Gasteiger charge is -2.19. The van der Waals surface area contributed by atoms with E-state index < -0.39 is 15.9 Å². The number of rotatable bonds is 9. The van der Waals surface area contributed by atoms with Gasteiger partial charge in [-0.3, -0.25) is 9.59 Å². The van der Waals surface area contributed by atoms with Gasteiger partial charge < -0.3 is 24.8 Å². The Morgan fingerprint density at radius 2 is 1.79 bits per heavy atom. The van der Waals surface area contributed by atoms with Gasteiger partial charge in [-0.2, -0.15) is 4.31 Å². The van der Waals surface area contributed by atoms with Gasteiger partial charge in [-0.05, 0) is 51.0 Å². The third-order valence-corrected chi connectivity index (χ3v) is 7.47. The summed E-state index contributed by atoms with van der Waals surface area (Å²) in [5, 5.41) is 5.65. The van der Waals surface area contributed by atoms with E-state index in [9.17, 15) is 18.0 Å². The molecule has 10 nitrogen and oxygen atoms in total. The van der Waals surface area contributed by atoms with Gasteiger partial charge in [0.05, 0.1) is 18.8 Å². The van der Waals surface area contributed by atoms with Crippen molar-refractivity contribution in [3.8, 4) is 17.2 Å². The molecule has 0 atom stereocenters. The summed E-state index contributed by atoms with van der Waals surface area (Å²) in [7, 11) is -3.72. The number of hydrogen-bond donors (Lipinski definition) is 2. The van der Waals surface area contributed by atoms with E-state index >= 15 is 0 Å². The molecular weight excluding hydrogens is 462 g/mol. The Labute approximate surface area is 198 Å². The Kier molecular flexibility index (Phi) is 6.94. The van der Waals surface area contributed by atoms with E-state index in [1.165, 1.54) is 23.4 Å². The molecule has 2 aliphatic rings. The van der Waals surface area contributed by atoms with E-state index in [0.717, 1.165) is 12.8 Å². The SMILES string of the molecule is CCOc1ccc(NCC(=O)Nc2cc3c(cc2C(C)=O)OCO3)cc1S(=O)(=O)N1CCCC1. The van der Waals surface area contributed by atoms with Crippen LogP contribution in [0.15, 0.2) is 35.2 Å². The zero-order valence-corrected chi connectivity index (χ0v) is 19.9. The van der Waals surface area contributed by atoms with Gasteiger partial charge in [-0.25, -0.2) is 8.42 Å². The Morgan fingerprint density at radius 1 is 1.09 bits per heavy atom. The molecule has 2 aliphatic heterocycles. The number of hydrogen-bond acceptors (Lipinski definition) is 8. The standard InChI is InChI=1S/C23H27N3O7S/c1-3-31-19-7-6-16(10-22(19)34(29,30)26-8-4-5-9-26)24-13-23(28)25-18-12-21-20(32-14-33-21)11-17(18)15(2)27/h6-7,10-12,24H,3-5,8-9,13-14H2,1-2H3,(H,25,28). The summed E-state index contributed by atoms with van der Waals surface area (Å²) in [4.78, 5) is 24.7. The molecule has 1 amide bonds. The molecule has 11 heteroatoms. The van der Waals surface area contributed by atoms with Crippen molar-refractivity contribution in [3.63, 3.8) is 0 Å². The summed E-state index contributed by atoms with van der Waals surface area (Å²) in [5.41, 5.74) is 1.07. The average molecular weight is 490 g/mol. The van der Waals surface area contributed by atoms with Crippen LogP contribution in [0.3, 0.4) is 0 Å². The number of ether oxygens (including phenoxy) is 3. The predicted molar refractivity (Wildman–Crippen MR) is 125 cm³/mol. The molecule has 0 spiro atoms. The summed E-state index contributed by atoms with van der Waals surface area (Å²) in [5.74, 6) is 0.513. The number of carbonyl (C=O) groups excluding carboxylic acids is 2. The molecule has 0 saturated carbocycles. The Bertz CT molecular complexity index is 1210. The summed E-state index contributed by atoms with van der Waals surface area (Å²) in [6.07, 6.45) is 1.65. The van der Waals surface area contributed by atoms with Crippen molar-refractivity contribution < 1.29 is 32.2 Å². The van der Waals surface area contributed by atoms with E-state index in [4.69, 9.17) is 14.2 Å². The molecule has 2 heterocycles. The first-order valence-corrected chi connectivity index (χ1v) is 12.5. The van der Waals surface area contributed by atoms with Crippen LogP contribution < -0.4 is 24.8 Å². The summed E-state index contributed by atoms with van der Waals surface area (Å²) >= 11 is 0. The number of anilines is 2. The molecule has 34 heavy (non-hydrogen) atoms. The lowest BCUT2D eigenvalue weighted by atomic mass is 10.1. The van der Waals surface area contributed by atoms with Crippen molar-refractivity contribution in [2.24, 2.45) is 0 Å². The second-order valence-corrected chi connectivity index (χ2v) is 9.82. The highest BCUT2D eigenvalue weighted by Crippen LogP contribution is 2.37. The van der Waals surface area contributed by atoms with Gasteiger partial charge in [0.25, 0.3) is 0 Å². The van der Waals surface area contributed by atoms with Crippen molar-refractivity contribution in [2.45, 2.75) is 31.6 Å². The van der Waals surface area contributed by atoms with Crippen LogP contribution in [0.4, 0.5) is 11.4 Å². The van der Waals surface area contributed by atoms with Crippen molar-refractivity contribution >= 4 is 33.1 Å². The maximum absolute atomic E-state index is 13.1. The van der Waals surface area contributed by atoms with E-state index in [0.29, 0.717) is 48.1 Å². The van der Waals surface area contributed by atoms with Gasteiger partial charge in [-0.1, -0.05) is 0 Å². The van der Waals surface area contributed by atoms with Crippen LogP contribution in [-0.4, -0.2) is 57.4 Å². The van der Waals surface area contributed by atoms with Crippen molar-refractivity contribution in [3.05, 3.63) is 35.9 Å². The largest absolute Gasteiger partial charge is 0.492 e. The van der Waals surface area contributed by atoms with E-state index in [2.05, 4.69) is 10.6 Å². The van der Waals surface area contributed by atoms with Crippen LogP contribution in [-0.2, 0) is 14.8 Å². The molecule has 1 fully saturated rings. The molecule has 0 aliphatic carbocycles. The fraction of sp³-hybridized carbons (Fsp3) is 0.391. The second-order valence-electron chi connectivity index (χ2n) is 7.91. The highest BCUT2D eigenvalue weighted by atomic mass is 32.2. The molecule has 1 saturated heterocycles. The molecule has 2 aromatic rings. The first kappa shape index (κ1) is 23.8. The first-order valence-electron chi connectivity index (χ1n) is 11.0. The average Bonchev–Trinajstić information content (AvgIpc) is 3.50.